The van der Waals surface area contributed by atoms with Crippen molar-refractivity contribution in [3.63, 3.8) is 0 Å². The SMILES string of the molecule is NC(=O)C=Cc1ccc(OCCO)cc1. The van der Waals surface area contributed by atoms with Crippen molar-refractivity contribution in [3.8, 4) is 5.75 Å². The molecule has 4 nitrogen and oxygen atoms in total. The second kappa shape index (κ2) is 5.82. The van der Waals surface area contributed by atoms with E-state index in [4.69, 9.17) is 15.6 Å². The topological polar surface area (TPSA) is 72.6 Å². The smallest absolute Gasteiger partial charge is 0.241 e. The molecule has 0 heterocycles. The third-order valence-corrected chi connectivity index (χ3v) is 1.68. The summed E-state index contributed by atoms with van der Waals surface area (Å²) in [5.74, 6) is 0.205. The van der Waals surface area contributed by atoms with Crippen LogP contribution in [0, 0.1) is 0 Å². The average molecular weight is 207 g/mol. The van der Waals surface area contributed by atoms with Crippen LogP contribution in [0.1, 0.15) is 5.56 Å². The van der Waals surface area contributed by atoms with E-state index in [9.17, 15) is 4.79 Å². The van der Waals surface area contributed by atoms with Gasteiger partial charge in [-0.25, -0.2) is 0 Å². The van der Waals surface area contributed by atoms with Crippen molar-refractivity contribution < 1.29 is 14.6 Å². The molecule has 1 rings (SSSR count). The van der Waals surface area contributed by atoms with Gasteiger partial charge in [-0.15, -0.1) is 0 Å². The van der Waals surface area contributed by atoms with Crippen LogP contribution >= 0.6 is 0 Å². The first kappa shape index (κ1) is 11.3. The number of hydrogen-bond acceptors (Lipinski definition) is 3. The van der Waals surface area contributed by atoms with Crippen LogP contribution in [-0.2, 0) is 4.79 Å². The summed E-state index contributed by atoms with van der Waals surface area (Å²) in [4.78, 5) is 10.5. The first-order valence-corrected chi connectivity index (χ1v) is 4.53. The van der Waals surface area contributed by atoms with E-state index in [0.717, 1.165) is 5.56 Å². The molecule has 3 N–H and O–H groups in total. The fraction of sp³-hybridized carbons (Fsp3) is 0.182. The Hall–Kier alpha value is -1.81. The molecular weight excluding hydrogens is 194 g/mol. The molecule has 0 aliphatic rings. The summed E-state index contributed by atoms with van der Waals surface area (Å²) in [5, 5.41) is 8.54. The first-order valence-electron chi connectivity index (χ1n) is 4.53. The Balaban J connectivity index is 2.60. The molecule has 0 spiro atoms. The number of rotatable bonds is 5. The highest BCUT2D eigenvalue weighted by Gasteiger charge is 1.92. The number of carbonyl (C=O) groups is 1. The van der Waals surface area contributed by atoms with Crippen LogP contribution in [0.15, 0.2) is 30.3 Å². The van der Waals surface area contributed by atoms with Crippen molar-refractivity contribution in [3.05, 3.63) is 35.9 Å². The van der Waals surface area contributed by atoms with Crippen molar-refractivity contribution in [2.24, 2.45) is 5.73 Å². The van der Waals surface area contributed by atoms with Crippen LogP contribution in [0.3, 0.4) is 0 Å². The van der Waals surface area contributed by atoms with E-state index in [1.807, 2.05) is 0 Å². The third kappa shape index (κ3) is 4.28. The van der Waals surface area contributed by atoms with E-state index in [2.05, 4.69) is 0 Å². The number of nitrogens with two attached hydrogens (primary N) is 1. The second-order valence-electron chi connectivity index (χ2n) is 2.88. The van der Waals surface area contributed by atoms with Crippen molar-refractivity contribution in [1.29, 1.82) is 0 Å². The number of aliphatic hydroxyl groups is 1. The Bertz CT molecular complexity index is 343. The van der Waals surface area contributed by atoms with Crippen molar-refractivity contribution >= 4 is 12.0 Å². The summed E-state index contributed by atoms with van der Waals surface area (Å²) < 4.78 is 5.17. The van der Waals surface area contributed by atoms with Crippen molar-refractivity contribution in [2.45, 2.75) is 0 Å². The standard InChI is InChI=1S/C11H13NO3/c12-11(14)6-3-9-1-4-10(5-2-9)15-8-7-13/h1-6,13H,7-8H2,(H2,12,14). The molecule has 4 heteroatoms. The molecule has 0 unspecified atom stereocenters. The monoisotopic (exact) mass is 207 g/mol. The first-order chi connectivity index (χ1) is 7.22. The zero-order chi connectivity index (χ0) is 11.1. The minimum Gasteiger partial charge on any atom is -0.491 e. The van der Waals surface area contributed by atoms with Crippen LogP contribution < -0.4 is 10.5 Å². The molecule has 1 amide bonds. The summed E-state index contributed by atoms with van der Waals surface area (Å²) in [5.41, 5.74) is 5.82. The van der Waals surface area contributed by atoms with Crippen molar-refractivity contribution in [2.75, 3.05) is 13.2 Å². The normalized spacial score (nSPS) is 10.5. The Morgan fingerprint density at radius 3 is 2.60 bits per heavy atom. The summed E-state index contributed by atoms with van der Waals surface area (Å²) in [7, 11) is 0. The van der Waals surface area contributed by atoms with E-state index < -0.39 is 5.91 Å². The van der Waals surface area contributed by atoms with Gasteiger partial charge < -0.3 is 15.6 Å². The van der Waals surface area contributed by atoms with E-state index in [-0.39, 0.29) is 13.2 Å². The van der Waals surface area contributed by atoms with Crippen molar-refractivity contribution in [1.82, 2.24) is 0 Å². The number of ether oxygens (including phenoxy) is 1. The van der Waals surface area contributed by atoms with Gasteiger partial charge in [0, 0.05) is 6.08 Å². The third-order valence-electron chi connectivity index (χ3n) is 1.68. The van der Waals surface area contributed by atoms with E-state index in [1.165, 1.54) is 6.08 Å². The molecule has 1 aromatic carbocycles. The van der Waals surface area contributed by atoms with Gasteiger partial charge in [-0.05, 0) is 23.8 Å². The number of carbonyl (C=O) groups excluding carboxylic acids is 1. The summed E-state index contributed by atoms with van der Waals surface area (Å²) >= 11 is 0. The van der Waals surface area contributed by atoms with E-state index in [1.54, 1.807) is 30.3 Å². The molecule has 0 fully saturated rings. The average Bonchev–Trinajstić information content (AvgIpc) is 2.25. The Labute approximate surface area is 88.0 Å². The number of hydrogen-bond donors (Lipinski definition) is 2. The number of aliphatic hydroxyl groups excluding tert-OH is 1. The molecule has 0 aromatic heterocycles. The maximum atomic E-state index is 10.5. The summed E-state index contributed by atoms with van der Waals surface area (Å²) in [6.07, 6.45) is 2.92. The number of benzene rings is 1. The Morgan fingerprint density at radius 2 is 2.07 bits per heavy atom. The van der Waals surface area contributed by atoms with Crippen LogP contribution in [0.2, 0.25) is 0 Å². The Morgan fingerprint density at radius 1 is 1.40 bits per heavy atom. The van der Waals surface area contributed by atoms with Gasteiger partial charge in [0.15, 0.2) is 0 Å². The van der Waals surface area contributed by atoms with E-state index >= 15 is 0 Å². The van der Waals surface area contributed by atoms with E-state index in [0.29, 0.717) is 5.75 Å². The van der Waals surface area contributed by atoms with Gasteiger partial charge in [0.2, 0.25) is 5.91 Å². The van der Waals surface area contributed by atoms with Gasteiger partial charge in [-0.3, -0.25) is 4.79 Å². The Kier molecular flexibility index (Phi) is 4.37. The lowest BCUT2D eigenvalue weighted by atomic mass is 10.2. The molecule has 0 saturated carbocycles. The van der Waals surface area contributed by atoms with Crippen LogP contribution in [0.25, 0.3) is 6.08 Å². The van der Waals surface area contributed by atoms with Gasteiger partial charge >= 0.3 is 0 Å². The maximum Gasteiger partial charge on any atom is 0.241 e. The predicted molar refractivity (Wildman–Crippen MR) is 57.3 cm³/mol. The lowest BCUT2D eigenvalue weighted by Crippen LogP contribution is -2.05. The van der Waals surface area contributed by atoms with Crippen LogP contribution in [-0.4, -0.2) is 24.2 Å². The lowest BCUT2D eigenvalue weighted by molar-refractivity contribution is -0.113. The van der Waals surface area contributed by atoms with Gasteiger partial charge in [0.1, 0.15) is 12.4 Å². The molecule has 0 aliphatic heterocycles. The zero-order valence-electron chi connectivity index (χ0n) is 8.22. The molecule has 0 atom stereocenters. The molecular formula is C11H13NO3. The molecule has 0 bridgehead atoms. The zero-order valence-corrected chi connectivity index (χ0v) is 8.22. The lowest BCUT2D eigenvalue weighted by Gasteiger charge is -2.03. The summed E-state index contributed by atoms with van der Waals surface area (Å²) in [6, 6.07) is 7.12. The molecule has 0 aliphatic carbocycles. The fourth-order valence-electron chi connectivity index (χ4n) is 1.02. The minimum atomic E-state index is -0.476. The fourth-order valence-corrected chi connectivity index (χ4v) is 1.02. The largest absolute Gasteiger partial charge is 0.491 e. The predicted octanol–water partition coefficient (Wildman–Crippen LogP) is 0.556. The van der Waals surface area contributed by atoms with Gasteiger partial charge in [-0.1, -0.05) is 12.1 Å². The maximum absolute atomic E-state index is 10.5. The molecule has 0 radical (unpaired) electrons. The highest BCUT2D eigenvalue weighted by atomic mass is 16.5. The highest BCUT2D eigenvalue weighted by Crippen LogP contribution is 2.12. The minimum absolute atomic E-state index is 0.0106. The molecule has 1 aromatic rings. The molecule has 0 saturated heterocycles. The summed E-state index contributed by atoms with van der Waals surface area (Å²) in [6.45, 7) is 0.264. The van der Waals surface area contributed by atoms with Gasteiger partial charge in [0.05, 0.1) is 6.61 Å². The highest BCUT2D eigenvalue weighted by molar-refractivity contribution is 5.90. The van der Waals surface area contributed by atoms with Crippen LogP contribution in [0.5, 0.6) is 5.75 Å². The molecule has 80 valence electrons. The molecule has 15 heavy (non-hydrogen) atoms. The van der Waals surface area contributed by atoms with Gasteiger partial charge in [-0.2, -0.15) is 0 Å². The van der Waals surface area contributed by atoms with Gasteiger partial charge in [0.25, 0.3) is 0 Å². The van der Waals surface area contributed by atoms with Crippen LogP contribution in [0.4, 0.5) is 0 Å². The quantitative estimate of drug-likeness (QED) is 0.693. The number of primary amides is 1. The number of amides is 1. The second-order valence-corrected chi connectivity index (χ2v) is 2.88.